The summed E-state index contributed by atoms with van der Waals surface area (Å²) >= 11 is 0. The minimum absolute atomic E-state index is 0.153. The highest BCUT2D eigenvalue weighted by Crippen LogP contribution is 2.41. The average molecular weight is 269 g/mol. The molecule has 2 N–H and O–H groups in total. The van der Waals surface area contributed by atoms with E-state index in [1.165, 1.54) is 0 Å². The Hall–Kier alpha value is -0.910. The van der Waals surface area contributed by atoms with E-state index in [4.69, 9.17) is 19.9 Å². The predicted molar refractivity (Wildman–Crippen MR) is 70.4 cm³/mol. The molecular formula is C14H23NO4. The first-order chi connectivity index (χ1) is 9.05. The van der Waals surface area contributed by atoms with Crippen LogP contribution in [0.1, 0.15) is 40.0 Å². The van der Waals surface area contributed by atoms with Crippen LogP contribution in [0.5, 0.6) is 0 Å². The topological polar surface area (TPSA) is 70.8 Å². The summed E-state index contributed by atoms with van der Waals surface area (Å²) in [7, 11) is 0. The lowest BCUT2D eigenvalue weighted by atomic mass is 9.91. The van der Waals surface area contributed by atoms with Crippen molar-refractivity contribution in [1.82, 2.24) is 0 Å². The maximum Gasteiger partial charge on any atom is 0.336 e. The van der Waals surface area contributed by atoms with Crippen LogP contribution >= 0.6 is 0 Å². The van der Waals surface area contributed by atoms with Crippen LogP contribution in [0.15, 0.2) is 11.6 Å². The van der Waals surface area contributed by atoms with Gasteiger partial charge in [-0.25, -0.2) is 4.79 Å². The first-order valence-corrected chi connectivity index (χ1v) is 7.05. The predicted octanol–water partition coefficient (Wildman–Crippen LogP) is 1.51. The van der Waals surface area contributed by atoms with Crippen LogP contribution in [-0.2, 0) is 19.0 Å². The molecule has 0 aromatic heterocycles. The Labute approximate surface area is 114 Å². The van der Waals surface area contributed by atoms with E-state index in [0.29, 0.717) is 18.6 Å². The van der Waals surface area contributed by atoms with Crippen molar-refractivity contribution < 1.29 is 19.0 Å². The Morgan fingerprint density at radius 1 is 1.42 bits per heavy atom. The van der Waals surface area contributed by atoms with E-state index in [0.717, 1.165) is 12.8 Å². The molecule has 1 heterocycles. The zero-order valence-corrected chi connectivity index (χ0v) is 11.8. The van der Waals surface area contributed by atoms with Gasteiger partial charge in [0.2, 0.25) is 0 Å². The summed E-state index contributed by atoms with van der Waals surface area (Å²) < 4.78 is 17.1. The molecule has 1 fully saturated rings. The number of fused-ring (bicyclic) bond motifs is 1. The average Bonchev–Trinajstić information content (AvgIpc) is 2.77. The second kappa shape index (κ2) is 5.61. The van der Waals surface area contributed by atoms with Gasteiger partial charge in [0.1, 0.15) is 6.10 Å². The summed E-state index contributed by atoms with van der Waals surface area (Å²) in [5, 5.41) is 0. The van der Waals surface area contributed by atoms with Gasteiger partial charge in [0.25, 0.3) is 0 Å². The molecule has 1 saturated heterocycles. The van der Waals surface area contributed by atoms with E-state index >= 15 is 0 Å². The molecule has 1 aliphatic carbocycles. The summed E-state index contributed by atoms with van der Waals surface area (Å²) in [5.41, 5.74) is 6.48. The van der Waals surface area contributed by atoms with E-state index in [9.17, 15) is 4.79 Å². The van der Waals surface area contributed by atoms with E-state index < -0.39 is 5.79 Å². The van der Waals surface area contributed by atoms with Crippen LogP contribution in [0.4, 0.5) is 0 Å². The Morgan fingerprint density at radius 3 is 2.68 bits per heavy atom. The maximum atomic E-state index is 12.0. The molecule has 19 heavy (non-hydrogen) atoms. The van der Waals surface area contributed by atoms with Gasteiger partial charge in [-0.15, -0.1) is 0 Å². The lowest BCUT2D eigenvalue weighted by molar-refractivity contribution is -0.177. The zero-order valence-electron chi connectivity index (χ0n) is 11.8. The van der Waals surface area contributed by atoms with Crippen LogP contribution in [0.3, 0.4) is 0 Å². The molecule has 3 atom stereocenters. The van der Waals surface area contributed by atoms with Crippen LogP contribution in [0.2, 0.25) is 0 Å². The fourth-order valence-electron chi connectivity index (χ4n) is 2.75. The SMILES string of the molecule is CCOC(=O)C1=CC(N)CC2OC(CC)(CC)OC12. The molecule has 2 rings (SSSR count). The second-order valence-electron chi connectivity index (χ2n) is 5.05. The minimum Gasteiger partial charge on any atom is -0.463 e. The normalized spacial score (nSPS) is 32.6. The van der Waals surface area contributed by atoms with Gasteiger partial charge >= 0.3 is 5.97 Å². The van der Waals surface area contributed by atoms with Crippen LogP contribution < -0.4 is 5.73 Å². The monoisotopic (exact) mass is 269 g/mol. The summed E-state index contributed by atoms with van der Waals surface area (Å²) in [4.78, 5) is 12.0. The number of hydrogen-bond donors (Lipinski definition) is 1. The number of carbonyl (C=O) groups is 1. The molecule has 0 spiro atoms. The van der Waals surface area contributed by atoms with Crippen molar-refractivity contribution in [2.75, 3.05) is 6.61 Å². The van der Waals surface area contributed by atoms with E-state index in [-0.39, 0.29) is 24.2 Å². The number of nitrogens with two attached hydrogens (primary N) is 1. The van der Waals surface area contributed by atoms with Gasteiger partial charge in [0, 0.05) is 6.04 Å². The van der Waals surface area contributed by atoms with Crippen molar-refractivity contribution in [3.8, 4) is 0 Å². The lowest BCUT2D eigenvalue weighted by Gasteiger charge is -2.26. The molecule has 0 bridgehead atoms. The molecule has 5 heteroatoms. The maximum absolute atomic E-state index is 12.0. The van der Waals surface area contributed by atoms with Crippen molar-refractivity contribution in [2.24, 2.45) is 5.73 Å². The highest BCUT2D eigenvalue weighted by Gasteiger charge is 2.50. The summed E-state index contributed by atoms with van der Waals surface area (Å²) in [6.45, 7) is 6.17. The van der Waals surface area contributed by atoms with Gasteiger partial charge in [-0.1, -0.05) is 19.9 Å². The molecule has 2 aliphatic rings. The fourth-order valence-corrected chi connectivity index (χ4v) is 2.75. The third kappa shape index (κ3) is 2.68. The van der Waals surface area contributed by atoms with Gasteiger partial charge in [-0.3, -0.25) is 0 Å². The third-order valence-corrected chi connectivity index (χ3v) is 3.84. The number of rotatable bonds is 4. The Balaban J connectivity index is 2.22. The Bertz CT molecular complexity index is 376. The number of carbonyl (C=O) groups excluding carboxylic acids is 1. The molecule has 108 valence electrons. The van der Waals surface area contributed by atoms with Gasteiger partial charge in [-0.05, 0) is 26.2 Å². The molecule has 0 amide bonds. The molecule has 1 aliphatic heterocycles. The van der Waals surface area contributed by atoms with Crippen LogP contribution in [-0.4, -0.2) is 36.6 Å². The first kappa shape index (κ1) is 14.5. The van der Waals surface area contributed by atoms with Gasteiger partial charge < -0.3 is 19.9 Å². The van der Waals surface area contributed by atoms with Crippen molar-refractivity contribution in [3.05, 3.63) is 11.6 Å². The van der Waals surface area contributed by atoms with Gasteiger partial charge in [-0.2, -0.15) is 0 Å². The quantitative estimate of drug-likeness (QED) is 0.783. The summed E-state index contributed by atoms with van der Waals surface area (Å²) in [5.74, 6) is -0.940. The van der Waals surface area contributed by atoms with Crippen LogP contribution in [0, 0.1) is 0 Å². The van der Waals surface area contributed by atoms with Crippen molar-refractivity contribution in [2.45, 2.75) is 64.1 Å². The fraction of sp³-hybridized carbons (Fsp3) is 0.786. The van der Waals surface area contributed by atoms with E-state index in [1.54, 1.807) is 13.0 Å². The largest absolute Gasteiger partial charge is 0.463 e. The molecule has 3 unspecified atom stereocenters. The summed E-state index contributed by atoms with van der Waals surface area (Å²) in [6, 6.07) is -0.186. The lowest BCUT2D eigenvalue weighted by Crippen LogP contribution is -2.40. The standard InChI is InChI=1S/C14H23NO4/c1-4-14(5-2)18-11-8-9(15)7-10(12(11)19-14)13(16)17-6-3/h7,9,11-12H,4-6,8,15H2,1-3H3. The Morgan fingerprint density at radius 2 is 2.11 bits per heavy atom. The molecule has 0 aromatic rings. The number of hydrogen-bond acceptors (Lipinski definition) is 5. The molecular weight excluding hydrogens is 246 g/mol. The molecule has 0 aromatic carbocycles. The minimum atomic E-state index is -0.592. The van der Waals surface area contributed by atoms with Gasteiger partial charge in [0.05, 0.1) is 18.3 Å². The third-order valence-electron chi connectivity index (χ3n) is 3.84. The summed E-state index contributed by atoms with van der Waals surface area (Å²) in [6.07, 6.45) is 3.43. The molecule has 5 nitrogen and oxygen atoms in total. The number of ether oxygens (including phenoxy) is 3. The molecule has 0 saturated carbocycles. The molecule has 0 radical (unpaired) electrons. The van der Waals surface area contributed by atoms with E-state index in [2.05, 4.69) is 0 Å². The van der Waals surface area contributed by atoms with Crippen molar-refractivity contribution in [3.63, 3.8) is 0 Å². The van der Waals surface area contributed by atoms with Crippen molar-refractivity contribution >= 4 is 5.97 Å². The van der Waals surface area contributed by atoms with Crippen molar-refractivity contribution in [1.29, 1.82) is 0 Å². The smallest absolute Gasteiger partial charge is 0.336 e. The number of esters is 1. The first-order valence-electron chi connectivity index (χ1n) is 7.05. The second-order valence-corrected chi connectivity index (χ2v) is 5.05. The highest BCUT2D eigenvalue weighted by atomic mass is 16.8. The van der Waals surface area contributed by atoms with Gasteiger partial charge in [0.15, 0.2) is 5.79 Å². The highest BCUT2D eigenvalue weighted by molar-refractivity contribution is 5.90. The van der Waals surface area contributed by atoms with E-state index in [1.807, 2.05) is 13.8 Å². The zero-order chi connectivity index (χ0) is 14.0. The Kier molecular flexibility index (Phi) is 4.28. The van der Waals surface area contributed by atoms with Crippen LogP contribution in [0.25, 0.3) is 0 Å².